The van der Waals surface area contributed by atoms with E-state index in [0.29, 0.717) is 17.9 Å². The molecule has 5 nitrogen and oxygen atoms in total. The number of ether oxygens (including phenoxy) is 2. The third kappa shape index (κ3) is 5.43. The summed E-state index contributed by atoms with van der Waals surface area (Å²) in [5, 5.41) is 3.03. The third-order valence-electron chi connectivity index (χ3n) is 4.53. The molecular formula is C18H28N2O3. The molecule has 1 aromatic rings. The van der Waals surface area contributed by atoms with Crippen LogP contribution in [-0.2, 0) is 11.2 Å². The second-order valence-electron chi connectivity index (χ2n) is 6.25. The van der Waals surface area contributed by atoms with Crippen LogP contribution in [-0.4, -0.2) is 51.7 Å². The summed E-state index contributed by atoms with van der Waals surface area (Å²) in [5.41, 5.74) is 0.930. The average Bonchev–Trinajstić information content (AvgIpc) is 2.56. The number of hydrogen-bond donors (Lipinski definition) is 1. The van der Waals surface area contributed by atoms with Gasteiger partial charge in [0.2, 0.25) is 5.91 Å². The number of amides is 1. The molecule has 0 radical (unpaired) electrons. The van der Waals surface area contributed by atoms with Crippen LogP contribution in [0.15, 0.2) is 18.2 Å². The molecule has 0 bridgehead atoms. The van der Waals surface area contributed by atoms with E-state index in [2.05, 4.69) is 17.3 Å². The summed E-state index contributed by atoms with van der Waals surface area (Å²) in [7, 11) is 5.37. The van der Waals surface area contributed by atoms with Crippen molar-refractivity contribution in [2.45, 2.75) is 25.7 Å². The first-order valence-corrected chi connectivity index (χ1v) is 8.28. The molecule has 2 rings (SSSR count). The zero-order valence-corrected chi connectivity index (χ0v) is 14.4. The quantitative estimate of drug-likeness (QED) is 0.836. The topological polar surface area (TPSA) is 50.8 Å². The van der Waals surface area contributed by atoms with Gasteiger partial charge in [0.25, 0.3) is 0 Å². The predicted molar refractivity (Wildman–Crippen MR) is 91.1 cm³/mol. The molecule has 1 heterocycles. The normalized spacial score (nSPS) is 16.1. The van der Waals surface area contributed by atoms with Gasteiger partial charge >= 0.3 is 0 Å². The minimum Gasteiger partial charge on any atom is -0.493 e. The van der Waals surface area contributed by atoms with E-state index >= 15 is 0 Å². The standard InChI is InChI=1S/C18H28N2O3/c1-20-10-7-14(8-11-20)6-9-19-18(21)13-15-4-5-16(22-2)17(12-15)23-3/h4-5,12,14H,6-11,13H2,1-3H3,(H,19,21). The van der Waals surface area contributed by atoms with E-state index in [4.69, 9.17) is 9.47 Å². The number of hydrogen-bond acceptors (Lipinski definition) is 4. The van der Waals surface area contributed by atoms with Gasteiger partial charge in [0.1, 0.15) is 0 Å². The van der Waals surface area contributed by atoms with E-state index in [0.717, 1.165) is 24.4 Å². The Labute approximate surface area is 139 Å². The number of rotatable bonds is 7. The van der Waals surface area contributed by atoms with Crippen LogP contribution < -0.4 is 14.8 Å². The third-order valence-corrected chi connectivity index (χ3v) is 4.53. The van der Waals surface area contributed by atoms with Crippen molar-refractivity contribution in [3.63, 3.8) is 0 Å². The van der Waals surface area contributed by atoms with Crippen LogP contribution in [0.3, 0.4) is 0 Å². The van der Waals surface area contributed by atoms with E-state index in [1.54, 1.807) is 14.2 Å². The lowest BCUT2D eigenvalue weighted by molar-refractivity contribution is -0.120. The first-order chi connectivity index (χ1) is 11.1. The van der Waals surface area contributed by atoms with Gasteiger partial charge in [-0.1, -0.05) is 6.07 Å². The van der Waals surface area contributed by atoms with E-state index in [-0.39, 0.29) is 5.91 Å². The van der Waals surface area contributed by atoms with Crippen molar-refractivity contribution >= 4 is 5.91 Å². The SMILES string of the molecule is COc1ccc(CC(=O)NCCC2CCN(C)CC2)cc1OC. The summed E-state index contributed by atoms with van der Waals surface area (Å²) < 4.78 is 10.5. The number of carbonyl (C=O) groups excluding carboxylic acids is 1. The van der Waals surface area contributed by atoms with Gasteiger partial charge in [0.05, 0.1) is 20.6 Å². The number of carbonyl (C=O) groups is 1. The molecule has 128 valence electrons. The minimum atomic E-state index is 0.0603. The summed E-state index contributed by atoms with van der Waals surface area (Å²) >= 11 is 0. The zero-order chi connectivity index (χ0) is 16.7. The van der Waals surface area contributed by atoms with Gasteiger partial charge in [0.15, 0.2) is 11.5 Å². The number of piperidine rings is 1. The van der Waals surface area contributed by atoms with Gasteiger partial charge in [0, 0.05) is 6.54 Å². The van der Waals surface area contributed by atoms with Crippen molar-refractivity contribution in [2.24, 2.45) is 5.92 Å². The molecule has 0 aromatic heterocycles. The number of nitrogens with one attached hydrogen (secondary N) is 1. The molecule has 0 spiro atoms. The van der Waals surface area contributed by atoms with Gasteiger partial charge in [-0.25, -0.2) is 0 Å². The number of methoxy groups -OCH3 is 2. The Morgan fingerprint density at radius 2 is 1.91 bits per heavy atom. The largest absolute Gasteiger partial charge is 0.493 e. The molecule has 0 aliphatic carbocycles. The van der Waals surface area contributed by atoms with Crippen molar-refractivity contribution in [1.82, 2.24) is 10.2 Å². The van der Waals surface area contributed by atoms with Crippen LogP contribution in [0.1, 0.15) is 24.8 Å². The van der Waals surface area contributed by atoms with Gasteiger partial charge < -0.3 is 19.7 Å². The molecule has 1 saturated heterocycles. The minimum absolute atomic E-state index is 0.0603. The molecule has 1 fully saturated rings. The highest BCUT2D eigenvalue weighted by atomic mass is 16.5. The van der Waals surface area contributed by atoms with Gasteiger partial charge in [-0.05, 0) is 63.0 Å². The first kappa shape index (κ1) is 17.6. The Hall–Kier alpha value is -1.75. The summed E-state index contributed by atoms with van der Waals surface area (Å²) in [6.45, 7) is 3.11. The fourth-order valence-electron chi connectivity index (χ4n) is 3.00. The maximum atomic E-state index is 12.1. The Morgan fingerprint density at radius 3 is 2.57 bits per heavy atom. The average molecular weight is 320 g/mol. The Bertz CT molecular complexity index is 511. The Kier molecular flexibility index (Phi) is 6.71. The molecule has 1 aliphatic heterocycles. The van der Waals surface area contributed by atoms with E-state index in [1.165, 1.54) is 25.9 Å². The van der Waals surface area contributed by atoms with Gasteiger partial charge in [-0.3, -0.25) is 4.79 Å². The molecular weight excluding hydrogens is 292 g/mol. The Balaban J connectivity index is 1.74. The molecule has 1 amide bonds. The molecule has 1 aromatic carbocycles. The molecule has 23 heavy (non-hydrogen) atoms. The zero-order valence-electron chi connectivity index (χ0n) is 14.4. The fourth-order valence-corrected chi connectivity index (χ4v) is 3.00. The Morgan fingerprint density at radius 1 is 1.22 bits per heavy atom. The van der Waals surface area contributed by atoms with E-state index < -0.39 is 0 Å². The van der Waals surface area contributed by atoms with Gasteiger partial charge in [-0.2, -0.15) is 0 Å². The maximum Gasteiger partial charge on any atom is 0.224 e. The van der Waals surface area contributed by atoms with Crippen LogP contribution in [0.2, 0.25) is 0 Å². The highest BCUT2D eigenvalue weighted by Gasteiger charge is 2.16. The lowest BCUT2D eigenvalue weighted by Crippen LogP contribution is -2.33. The molecule has 0 atom stereocenters. The number of likely N-dealkylation sites (tertiary alicyclic amines) is 1. The van der Waals surface area contributed by atoms with Crippen LogP contribution in [0.4, 0.5) is 0 Å². The maximum absolute atomic E-state index is 12.1. The first-order valence-electron chi connectivity index (χ1n) is 8.28. The molecule has 5 heteroatoms. The molecule has 1 N–H and O–H groups in total. The van der Waals surface area contributed by atoms with Crippen molar-refractivity contribution < 1.29 is 14.3 Å². The smallest absolute Gasteiger partial charge is 0.224 e. The highest BCUT2D eigenvalue weighted by Crippen LogP contribution is 2.27. The lowest BCUT2D eigenvalue weighted by atomic mass is 9.94. The highest BCUT2D eigenvalue weighted by molar-refractivity contribution is 5.78. The lowest BCUT2D eigenvalue weighted by Gasteiger charge is -2.28. The van der Waals surface area contributed by atoms with E-state index in [9.17, 15) is 4.79 Å². The van der Waals surface area contributed by atoms with E-state index in [1.807, 2.05) is 18.2 Å². The van der Waals surface area contributed by atoms with Crippen LogP contribution in [0, 0.1) is 5.92 Å². The second kappa shape index (κ2) is 8.77. The molecule has 0 unspecified atom stereocenters. The van der Waals surface area contributed by atoms with Gasteiger partial charge in [-0.15, -0.1) is 0 Å². The molecule has 1 aliphatic rings. The van der Waals surface area contributed by atoms with Crippen molar-refractivity contribution in [3.8, 4) is 11.5 Å². The summed E-state index contributed by atoms with van der Waals surface area (Å²) in [4.78, 5) is 14.4. The predicted octanol–water partition coefficient (Wildman–Crippen LogP) is 2.09. The summed E-state index contributed by atoms with van der Waals surface area (Å²) in [6.07, 6.45) is 3.92. The summed E-state index contributed by atoms with van der Waals surface area (Å²) in [6, 6.07) is 5.59. The number of nitrogens with zero attached hydrogens (tertiary/aromatic N) is 1. The second-order valence-corrected chi connectivity index (χ2v) is 6.25. The van der Waals surface area contributed by atoms with Crippen LogP contribution >= 0.6 is 0 Å². The summed E-state index contributed by atoms with van der Waals surface area (Å²) in [5.74, 6) is 2.14. The van der Waals surface area contributed by atoms with Crippen molar-refractivity contribution in [2.75, 3.05) is 40.9 Å². The monoisotopic (exact) mass is 320 g/mol. The van der Waals surface area contributed by atoms with Crippen LogP contribution in [0.25, 0.3) is 0 Å². The van der Waals surface area contributed by atoms with Crippen molar-refractivity contribution in [1.29, 1.82) is 0 Å². The van der Waals surface area contributed by atoms with Crippen LogP contribution in [0.5, 0.6) is 11.5 Å². The van der Waals surface area contributed by atoms with Crippen molar-refractivity contribution in [3.05, 3.63) is 23.8 Å². The fraction of sp³-hybridized carbons (Fsp3) is 0.611. The molecule has 0 saturated carbocycles. The number of benzene rings is 1.